The van der Waals surface area contributed by atoms with E-state index in [1.165, 1.54) is 13.5 Å². The van der Waals surface area contributed by atoms with E-state index in [0.29, 0.717) is 0 Å². The van der Waals surface area contributed by atoms with Crippen LogP contribution in [-0.4, -0.2) is 19.5 Å². The number of hydrogen-bond donors (Lipinski definition) is 0. The zero-order valence-corrected chi connectivity index (χ0v) is 13.5. The van der Waals surface area contributed by atoms with Crippen LogP contribution in [0.4, 0.5) is 0 Å². The molecule has 0 saturated heterocycles. The number of benzene rings is 2. The lowest BCUT2D eigenvalue weighted by Crippen LogP contribution is -2.39. The maximum absolute atomic E-state index is 12.6. The molecule has 2 atom stereocenters. The molecule has 2 aromatic rings. The SMILES string of the molecule is COC(=O)[C@]1(c2ccccc2)N=CO[C@@H]1c1cccc(Br)c1. The van der Waals surface area contributed by atoms with E-state index in [9.17, 15) is 4.79 Å². The van der Waals surface area contributed by atoms with Gasteiger partial charge in [0.05, 0.1) is 7.11 Å². The third-order valence-electron chi connectivity index (χ3n) is 3.69. The summed E-state index contributed by atoms with van der Waals surface area (Å²) in [6.07, 6.45) is 0.759. The molecule has 112 valence electrons. The van der Waals surface area contributed by atoms with Crippen molar-refractivity contribution in [2.24, 2.45) is 4.99 Å². The van der Waals surface area contributed by atoms with E-state index in [1.54, 1.807) is 0 Å². The topological polar surface area (TPSA) is 47.9 Å². The predicted octanol–water partition coefficient (Wildman–Crippen LogP) is 3.62. The van der Waals surface area contributed by atoms with Gasteiger partial charge in [0.2, 0.25) is 5.54 Å². The molecule has 0 amide bonds. The van der Waals surface area contributed by atoms with Gasteiger partial charge < -0.3 is 9.47 Å². The van der Waals surface area contributed by atoms with Gasteiger partial charge in [0.15, 0.2) is 12.5 Å². The van der Waals surface area contributed by atoms with Crippen molar-refractivity contribution < 1.29 is 14.3 Å². The van der Waals surface area contributed by atoms with Crippen LogP contribution in [0.5, 0.6) is 0 Å². The molecule has 3 rings (SSSR count). The van der Waals surface area contributed by atoms with Crippen LogP contribution in [-0.2, 0) is 19.8 Å². The third-order valence-corrected chi connectivity index (χ3v) is 4.19. The normalized spacial score (nSPS) is 23.1. The summed E-state index contributed by atoms with van der Waals surface area (Å²) in [7, 11) is 1.36. The fourth-order valence-corrected chi connectivity index (χ4v) is 3.10. The Balaban J connectivity index is 2.16. The molecule has 0 saturated carbocycles. The number of esters is 1. The van der Waals surface area contributed by atoms with Crippen LogP contribution in [0, 0.1) is 0 Å². The summed E-state index contributed by atoms with van der Waals surface area (Å²) in [4.78, 5) is 16.9. The number of ether oxygens (including phenoxy) is 2. The van der Waals surface area contributed by atoms with Gasteiger partial charge in [0.1, 0.15) is 0 Å². The Bertz CT molecular complexity index is 717. The molecule has 0 spiro atoms. The fourth-order valence-electron chi connectivity index (χ4n) is 2.68. The van der Waals surface area contributed by atoms with Crippen molar-refractivity contribution >= 4 is 28.3 Å². The molecule has 0 aromatic heterocycles. The second-order valence-corrected chi connectivity index (χ2v) is 5.85. The number of aliphatic imine (C=N–C) groups is 1. The molecular weight excluding hydrogens is 346 g/mol. The van der Waals surface area contributed by atoms with Crippen LogP contribution in [0.25, 0.3) is 0 Å². The number of carbonyl (C=O) groups is 1. The Kier molecular flexibility index (Phi) is 3.98. The second-order valence-electron chi connectivity index (χ2n) is 4.93. The zero-order chi connectivity index (χ0) is 15.6. The Morgan fingerprint density at radius 2 is 2.00 bits per heavy atom. The van der Waals surface area contributed by atoms with E-state index < -0.39 is 17.6 Å². The summed E-state index contributed by atoms with van der Waals surface area (Å²) in [5.74, 6) is -0.447. The molecule has 0 radical (unpaired) electrons. The standard InChI is InChI=1S/C17H14BrNO3/c1-21-16(20)17(13-7-3-2-4-8-13)15(22-11-19-17)12-6-5-9-14(18)10-12/h2-11,15H,1H3/t15-,17-/m1/s1. The number of carbonyl (C=O) groups excluding carboxylic acids is 1. The van der Waals surface area contributed by atoms with Crippen LogP contribution in [0.15, 0.2) is 64.1 Å². The average molecular weight is 360 g/mol. The number of nitrogens with zero attached hydrogens (tertiary/aromatic N) is 1. The van der Waals surface area contributed by atoms with Crippen molar-refractivity contribution in [3.8, 4) is 0 Å². The zero-order valence-electron chi connectivity index (χ0n) is 11.9. The molecule has 4 nitrogen and oxygen atoms in total. The average Bonchev–Trinajstić information content (AvgIpc) is 3.01. The van der Waals surface area contributed by atoms with E-state index in [4.69, 9.17) is 9.47 Å². The molecule has 1 aliphatic rings. The highest BCUT2D eigenvalue weighted by Gasteiger charge is 2.53. The molecule has 0 fully saturated rings. The van der Waals surface area contributed by atoms with E-state index in [0.717, 1.165) is 15.6 Å². The maximum Gasteiger partial charge on any atom is 0.342 e. The van der Waals surface area contributed by atoms with E-state index in [2.05, 4.69) is 20.9 Å². The van der Waals surface area contributed by atoms with Crippen molar-refractivity contribution in [2.45, 2.75) is 11.6 Å². The first-order valence-electron chi connectivity index (χ1n) is 6.77. The van der Waals surface area contributed by atoms with Gasteiger partial charge in [0.25, 0.3) is 0 Å². The third kappa shape index (κ3) is 2.31. The lowest BCUT2D eigenvalue weighted by molar-refractivity contribution is -0.150. The monoisotopic (exact) mass is 359 g/mol. The van der Waals surface area contributed by atoms with Crippen molar-refractivity contribution in [3.05, 3.63) is 70.2 Å². The van der Waals surface area contributed by atoms with Gasteiger partial charge in [-0.2, -0.15) is 0 Å². The highest BCUT2D eigenvalue weighted by molar-refractivity contribution is 9.10. The number of rotatable bonds is 3. The molecule has 0 bridgehead atoms. The lowest BCUT2D eigenvalue weighted by atomic mass is 9.82. The summed E-state index contributed by atoms with van der Waals surface area (Å²) in [6.45, 7) is 0. The van der Waals surface area contributed by atoms with Gasteiger partial charge in [-0.15, -0.1) is 0 Å². The minimum absolute atomic E-state index is 0.447. The Morgan fingerprint density at radius 1 is 1.23 bits per heavy atom. The second kappa shape index (κ2) is 5.93. The van der Waals surface area contributed by atoms with Crippen LogP contribution >= 0.6 is 15.9 Å². The Labute approximate surface area is 136 Å². The van der Waals surface area contributed by atoms with Gasteiger partial charge in [0, 0.05) is 4.47 Å². The van der Waals surface area contributed by atoms with Crippen molar-refractivity contribution in [3.63, 3.8) is 0 Å². The molecule has 0 unspecified atom stereocenters. The van der Waals surface area contributed by atoms with Crippen LogP contribution in [0.3, 0.4) is 0 Å². The molecule has 0 aliphatic carbocycles. The smallest absolute Gasteiger partial charge is 0.342 e. The highest BCUT2D eigenvalue weighted by atomic mass is 79.9. The molecular formula is C17H14BrNO3. The van der Waals surface area contributed by atoms with Gasteiger partial charge >= 0.3 is 5.97 Å². The van der Waals surface area contributed by atoms with Gasteiger partial charge in [-0.1, -0.05) is 58.4 Å². The Hall–Kier alpha value is -2.14. The lowest BCUT2D eigenvalue weighted by Gasteiger charge is -2.29. The van der Waals surface area contributed by atoms with Gasteiger partial charge in [-0.05, 0) is 23.3 Å². The summed E-state index contributed by atoms with van der Waals surface area (Å²) in [5.41, 5.74) is 0.360. The summed E-state index contributed by atoms with van der Waals surface area (Å²) < 4.78 is 11.6. The number of methoxy groups -OCH3 is 1. The summed E-state index contributed by atoms with van der Waals surface area (Å²) >= 11 is 3.44. The predicted molar refractivity (Wildman–Crippen MR) is 86.6 cm³/mol. The first-order valence-corrected chi connectivity index (χ1v) is 7.56. The van der Waals surface area contributed by atoms with Crippen molar-refractivity contribution in [1.82, 2.24) is 0 Å². The van der Waals surface area contributed by atoms with E-state index >= 15 is 0 Å². The molecule has 5 heteroatoms. The van der Waals surface area contributed by atoms with Crippen LogP contribution in [0.2, 0.25) is 0 Å². The van der Waals surface area contributed by atoms with Crippen LogP contribution < -0.4 is 0 Å². The summed E-state index contributed by atoms with van der Waals surface area (Å²) in [5, 5.41) is 0. The first kappa shape index (κ1) is 14.8. The van der Waals surface area contributed by atoms with Crippen molar-refractivity contribution in [1.29, 1.82) is 0 Å². The summed E-state index contributed by atoms with van der Waals surface area (Å²) in [6, 6.07) is 17.0. The van der Waals surface area contributed by atoms with Crippen LogP contribution in [0.1, 0.15) is 17.2 Å². The largest absolute Gasteiger partial charge is 0.472 e. The quantitative estimate of drug-likeness (QED) is 0.786. The highest BCUT2D eigenvalue weighted by Crippen LogP contribution is 2.45. The minimum Gasteiger partial charge on any atom is -0.472 e. The fraction of sp³-hybridized carbons (Fsp3) is 0.176. The number of halogens is 1. The molecule has 1 aliphatic heterocycles. The maximum atomic E-state index is 12.6. The molecule has 1 heterocycles. The molecule has 0 N–H and O–H groups in total. The van der Waals surface area contributed by atoms with E-state index in [1.807, 2.05) is 54.6 Å². The van der Waals surface area contributed by atoms with Crippen molar-refractivity contribution in [2.75, 3.05) is 7.11 Å². The molecule has 2 aromatic carbocycles. The van der Waals surface area contributed by atoms with Gasteiger partial charge in [-0.3, -0.25) is 0 Å². The first-order chi connectivity index (χ1) is 10.7. The minimum atomic E-state index is -1.23. The number of hydrogen-bond acceptors (Lipinski definition) is 4. The Morgan fingerprint density at radius 3 is 2.68 bits per heavy atom. The van der Waals surface area contributed by atoms with Gasteiger partial charge in [-0.25, -0.2) is 9.79 Å². The van der Waals surface area contributed by atoms with E-state index in [-0.39, 0.29) is 0 Å². The molecule has 22 heavy (non-hydrogen) atoms.